The third kappa shape index (κ3) is 4.23. The molecule has 1 amide bonds. The molecule has 1 aliphatic rings. The van der Waals surface area contributed by atoms with Crippen molar-refractivity contribution in [3.63, 3.8) is 0 Å². The van der Waals surface area contributed by atoms with Crippen LogP contribution in [0.1, 0.15) is 42.3 Å². The van der Waals surface area contributed by atoms with Crippen LogP contribution in [-0.4, -0.2) is 52.0 Å². The van der Waals surface area contributed by atoms with E-state index in [4.69, 9.17) is 8.94 Å². The number of rotatable bonds is 5. The van der Waals surface area contributed by atoms with E-state index in [9.17, 15) is 4.79 Å². The predicted molar refractivity (Wildman–Crippen MR) is 87.3 cm³/mol. The number of carbonyl (C=O) groups excluding carboxylic acids is 1. The summed E-state index contributed by atoms with van der Waals surface area (Å²) in [5.74, 6) is 1.95. The van der Waals surface area contributed by atoms with Gasteiger partial charge in [0.05, 0.1) is 18.4 Å². The van der Waals surface area contributed by atoms with Crippen LogP contribution in [0.3, 0.4) is 0 Å². The number of amides is 1. The first-order valence-electron chi connectivity index (χ1n) is 8.47. The van der Waals surface area contributed by atoms with Gasteiger partial charge in [-0.2, -0.15) is 4.98 Å². The lowest BCUT2D eigenvalue weighted by molar-refractivity contribution is 0.0760. The molecule has 2 aromatic rings. The van der Waals surface area contributed by atoms with Crippen molar-refractivity contribution in [3.8, 4) is 0 Å². The molecule has 0 bridgehead atoms. The molecule has 1 saturated heterocycles. The molecule has 130 valence electrons. The number of nitrogens with zero attached hydrogens (tertiary/aromatic N) is 4. The predicted octanol–water partition coefficient (Wildman–Crippen LogP) is 2.21. The molecule has 24 heavy (non-hydrogen) atoms. The monoisotopic (exact) mass is 332 g/mol. The quantitative estimate of drug-likeness (QED) is 0.835. The van der Waals surface area contributed by atoms with Crippen molar-refractivity contribution < 1.29 is 13.7 Å². The molecule has 3 rings (SSSR count). The second-order valence-corrected chi connectivity index (χ2v) is 6.64. The fraction of sp³-hybridized carbons (Fsp3) is 0.588. The second-order valence-electron chi connectivity index (χ2n) is 6.64. The Bertz CT molecular complexity index is 651. The largest absolute Gasteiger partial charge is 0.472 e. The second kappa shape index (κ2) is 7.61. The van der Waals surface area contributed by atoms with E-state index in [0.29, 0.717) is 30.5 Å². The first-order chi connectivity index (χ1) is 11.6. The van der Waals surface area contributed by atoms with Gasteiger partial charge in [-0.15, -0.1) is 0 Å². The van der Waals surface area contributed by atoms with Gasteiger partial charge in [0.25, 0.3) is 5.91 Å². The minimum absolute atomic E-state index is 0.0318. The maximum Gasteiger partial charge on any atom is 0.257 e. The fourth-order valence-electron chi connectivity index (χ4n) is 2.89. The first-order valence-corrected chi connectivity index (χ1v) is 8.47. The molecule has 0 spiro atoms. The fourth-order valence-corrected chi connectivity index (χ4v) is 2.89. The number of aromatic nitrogens is 2. The molecular weight excluding hydrogens is 308 g/mol. The Kier molecular flexibility index (Phi) is 5.30. The lowest BCUT2D eigenvalue weighted by Gasteiger charge is -2.20. The minimum atomic E-state index is 0.0318. The zero-order valence-electron chi connectivity index (χ0n) is 14.3. The smallest absolute Gasteiger partial charge is 0.257 e. The van der Waals surface area contributed by atoms with Crippen LogP contribution in [0.25, 0.3) is 0 Å². The Morgan fingerprint density at radius 2 is 2.17 bits per heavy atom. The van der Waals surface area contributed by atoms with Gasteiger partial charge in [0, 0.05) is 32.6 Å². The third-order valence-electron chi connectivity index (χ3n) is 4.10. The highest BCUT2D eigenvalue weighted by molar-refractivity contribution is 5.93. The topological polar surface area (TPSA) is 75.6 Å². The number of furan rings is 1. The van der Waals surface area contributed by atoms with Gasteiger partial charge in [-0.05, 0) is 18.4 Å². The van der Waals surface area contributed by atoms with Gasteiger partial charge in [-0.1, -0.05) is 19.0 Å². The average molecular weight is 332 g/mol. The van der Waals surface area contributed by atoms with Crippen LogP contribution in [0.2, 0.25) is 0 Å². The average Bonchev–Trinajstić information content (AvgIpc) is 3.16. The lowest BCUT2D eigenvalue weighted by atomic mass is 10.1. The van der Waals surface area contributed by atoms with E-state index < -0.39 is 0 Å². The van der Waals surface area contributed by atoms with Crippen LogP contribution in [0.15, 0.2) is 27.5 Å². The summed E-state index contributed by atoms with van der Waals surface area (Å²) in [5.41, 5.74) is 0.611. The molecule has 7 nitrogen and oxygen atoms in total. The van der Waals surface area contributed by atoms with Crippen LogP contribution >= 0.6 is 0 Å². The zero-order chi connectivity index (χ0) is 16.9. The number of carbonyl (C=O) groups is 1. The molecule has 1 aliphatic heterocycles. The maximum atomic E-state index is 12.4. The molecule has 0 atom stereocenters. The first kappa shape index (κ1) is 16.7. The molecule has 3 heterocycles. The summed E-state index contributed by atoms with van der Waals surface area (Å²) in [6.07, 6.45) is 4.77. The molecule has 0 aliphatic carbocycles. The van der Waals surface area contributed by atoms with E-state index in [0.717, 1.165) is 38.3 Å². The van der Waals surface area contributed by atoms with E-state index in [-0.39, 0.29) is 5.91 Å². The van der Waals surface area contributed by atoms with E-state index >= 15 is 0 Å². The minimum Gasteiger partial charge on any atom is -0.472 e. The van der Waals surface area contributed by atoms with Crippen LogP contribution < -0.4 is 0 Å². The summed E-state index contributed by atoms with van der Waals surface area (Å²) >= 11 is 0. The summed E-state index contributed by atoms with van der Waals surface area (Å²) in [7, 11) is 0. The van der Waals surface area contributed by atoms with Gasteiger partial charge in [-0.25, -0.2) is 0 Å². The van der Waals surface area contributed by atoms with Crippen LogP contribution in [0.5, 0.6) is 0 Å². The van der Waals surface area contributed by atoms with Crippen molar-refractivity contribution >= 4 is 5.91 Å². The molecule has 2 aromatic heterocycles. The van der Waals surface area contributed by atoms with Crippen molar-refractivity contribution in [2.75, 3.05) is 26.2 Å². The van der Waals surface area contributed by atoms with Gasteiger partial charge in [0.2, 0.25) is 5.89 Å². The van der Waals surface area contributed by atoms with E-state index in [1.807, 2.05) is 4.90 Å². The van der Waals surface area contributed by atoms with Crippen molar-refractivity contribution in [1.82, 2.24) is 19.9 Å². The Morgan fingerprint density at radius 3 is 2.92 bits per heavy atom. The molecule has 0 N–H and O–H groups in total. The number of hydrogen-bond donors (Lipinski definition) is 0. The van der Waals surface area contributed by atoms with Crippen molar-refractivity contribution in [3.05, 3.63) is 35.9 Å². The highest BCUT2D eigenvalue weighted by Gasteiger charge is 2.22. The summed E-state index contributed by atoms with van der Waals surface area (Å²) in [6, 6.07) is 1.71. The van der Waals surface area contributed by atoms with Crippen LogP contribution in [0, 0.1) is 5.92 Å². The molecular formula is C17H24N4O3. The van der Waals surface area contributed by atoms with Crippen molar-refractivity contribution in [2.24, 2.45) is 5.92 Å². The normalized spacial score (nSPS) is 16.5. The summed E-state index contributed by atoms with van der Waals surface area (Å²) in [4.78, 5) is 21.0. The Morgan fingerprint density at radius 1 is 1.29 bits per heavy atom. The molecule has 0 aromatic carbocycles. The third-order valence-corrected chi connectivity index (χ3v) is 4.10. The number of hydrogen-bond acceptors (Lipinski definition) is 6. The van der Waals surface area contributed by atoms with E-state index in [1.165, 1.54) is 12.5 Å². The van der Waals surface area contributed by atoms with Gasteiger partial charge in [0.1, 0.15) is 6.26 Å². The Hall–Kier alpha value is -2.15. The lowest BCUT2D eigenvalue weighted by Crippen LogP contribution is -2.35. The molecule has 0 unspecified atom stereocenters. The summed E-state index contributed by atoms with van der Waals surface area (Å²) in [6.45, 7) is 8.09. The zero-order valence-corrected chi connectivity index (χ0v) is 14.3. The molecule has 0 radical (unpaired) electrons. The van der Waals surface area contributed by atoms with Crippen molar-refractivity contribution in [2.45, 2.75) is 33.2 Å². The molecule has 7 heteroatoms. The van der Waals surface area contributed by atoms with Gasteiger partial charge in [-0.3, -0.25) is 9.69 Å². The summed E-state index contributed by atoms with van der Waals surface area (Å²) in [5, 5.41) is 4.07. The summed E-state index contributed by atoms with van der Waals surface area (Å²) < 4.78 is 10.3. The van der Waals surface area contributed by atoms with Gasteiger partial charge < -0.3 is 13.8 Å². The highest BCUT2D eigenvalue weighted by Crippen LogP contribution is 2.12. The maximum absolute atomic E-state index is 12.4. The van der Waals surface area contributed by atoms with Crippen molar-refractivity contribution in [1.29, 1.82) is 0 Å². The standard InChI is InChI=1S/C17H24N4O3/c1-13(2)10-16-18-15(19-24-16)11-20-5-3-6-21(8-7-20)17(22)14-4-9-23-12-14/h4,9,12-13H,3,5-8,10-11H2,1-2H3. The van der Waals surface area contributed by atoms with Crippen LogP contribution in [-0.2, 0) is 13.0 Å². The van der Waals surface area contributed by atoms with E-state index in [1.54, 1.807) is 6.07 Å². The molecule has 0 saturated carbocycles. The van der Waals surface area contributed by atoms with Crippen LogP contribution in [0.4, 0.5) is 0 Å². The Balaban J connectivity index is 1.54. The molecule has 1 fully saturated rings. The Labute approximate surface area is 141 Å². The van der Waals surface area contributed by atoms with Gasteiger partial charge >= 0.3 is 0 Å². The SMILES string of the molecule is CC(C)Cc1nc(CN2CCCN(C(=O)c3ccoc3)CC2)no1. The highest BCUT2D eigenvalue weighted by atomic mass is 16.5. The van der Waals surface area contributed by atoms with E-state index in [2.05, 4.69) is 28.9 Å². The van der Waals surface area contributed by atoms with Gasteiger partial charge in [0.15, 0.2) is 5.82 Å².